The minimum atomic E-state index is -1.34. The summed E-state index contributed by atoms with van der Waals surface area (Å²) in [6, 6.07) is 23.6. The predicted octanol–water partition coefficient (Wildman–Crippen LogP) is 4.66. The lowest BCUT2D eigenvalue weighted by Crippen LogP contribution is -2.70. The zero-order valence-electron chi connectivity index (χ0n) is 23.0. The van der Waals surface area contributed by atoms with Gasteiger partial charge in [-0.25, -0.2) is 0 Å². The van der Waals surface area contributed by atoms with Crippen LogP contribution in [0.5, 0.6) is 0 Å². The molecule has 3 aromatic carbocycles. The van der Waals surface area contributed by atoms with E-state index in [1.807, 2.05) is 86.6 Å². The SMILES string of the molecule is CC1(C)C2=[N+]([O-])c3c(cccc3-c3ccc(C#Cc4ccccc4)cc3)C2=C[C@@]2(N)C(=O)N3CCC[C@]34C(=O)C4C12. The molecule has 41 heavy (non-hydrogen) atoms. The van der Waals surface area contributed by atoms with E-state index in [1.165, 1.54) is 0 Å². The highest BCUT2D eigenvalue weighted by atomic mass is 16.5. The first kappa shape index (κ1) is 24.3. The lowest BCUT2D eigenvalue weighted by molar-refractivity contribution is -0.361. The maximum absolute atomic E-state index is 14.3. The van der Waals surface area contributed by atoms with Crippen LogP contribution in [-0.2, 0) is 9.59 Å². The molecule has 1 saturated carbocycles. The Bertz CT molecular complexity index is 1830. The maximum atomic E-state index is 14.3. The molecule has 1 spiro atoms. The molecule has 0 radical (unpaired) electrons. The molecule has 0 bridgehead atoms. The van der Waals surface area contributed by atoms with E-state index in [1.54, 1.807) is 11.0 Å². The molecule has 202 valence electrons. The highest BCUT2D eigenvalue weighted by Gasteiger charge is 2.83. The molecule has 4 atom stereocenters. The van der Waals surface area contributed by atoms with Crippen molar-refractivity contribution in [2.45, 2.75) is 37.8 Å². The number of para-hydroxylation sites is 1. The topological polar surface area (TPSA) is 89.5 Å². The first-order valence-electron chi connectivity index (χ1n) is 14.2. The number of carbonyl (C=O) groups excluding carboxylic acids is 2. The molecule has 8 rings (SSSR count). The van der Waals surface area contributed by atoms with Crippen molar-refractivity contribution in [3.8, 4) is 23.0 Å². The molecule has 1 amide bonds. The van der Waals surface area contributed by atoms with E-state index in [0.717, 1.165) is 39.0 Å². The second-order valence-corrected chi connectivity index (χ2v) is 12.6. The number of fused-ring (bicyclic) bond motifs is 5. The lowest BCUT2D eigenvalue weighted by atomic mass is 9.56. The van der Waals surface area contributed by atoms with Gasteiger partial charge in [0.05, 0.1) is 28.0 Å². The molecular formula is C35H29N3O3. The zero-order chi connectivity index (χ0) is 28.3. The zero-order valence-corrected chi connectivity index (χ0v) is 23.0. The Labute approximate surface area is 238 Å². The highest BCUT2D eigenvalue weighted by molar-refractivity contribution is 6.31. The lowest BCUT2D eigenvalue weighted by Gasteiger charge is -2.51. The summed E-state index contributed by atoms with van der Waals surface area (Å²) in [5.41, 5.74) is 10.3. The summed E-state index contributed by atoms with van der Waals surface area (Å²) in [7, 11) is 0. The van der Waals surface area contributed by atoms with Gasteiger partial charge in [0.15, 0.2) is 5.78 Å². The number of carbonyl (C=O) groups is 2. The van der Waals surface area contributed by atoms with Crippen LogP contribution < -0.4 is 5.73 Å². The monoisotopic (exact) mass is 539 g/mol. The number of ketones is 1. The minimum Gasteiger partial charge on any atom is -0.618 e. The Morgan fingerprint density at radius 3 is 2.34 bits per heavy atom. The smallest absolute Gasteiger partial charge is 0.247 e. The van der Waals surface area contributed by atoms with Crippen LogP contribution in [0.1, 0.15) is 43.4 Å². The van der Waals surface area contributed by atoms with E-state index >= 15 is 0 Å². The van der Waals surface area contributed by atoms with Gasteiger partial charge >= 0.3 is 0 Å². The maximum Gasteiger partial charge on any atom is 0.247 e. The third-order valence-electron chi connectivity index (χ3n) is 10.1. The second-order valence-electron chi connectivity index (χ2n) is 12.6. The standard InChI is InChI=1S/C35H29N3O3/c1-33(2)29-27-31(39)35(27)18-7-19-37(35)32(40)34(29,36)20-26-25-11-6-10-24(28(25)38(41)30(26)33)23-16-14-22(15-17-23)13-12-21-8-4-3-5-9-21/h3-6,8-11,14-17,20,27,29H,7,18-19,36H2,1-2H3/t27?,29?,34-,35-/m0/s1. The van der Waals surface area contributed by atoms with Crippen LogP contribution in [0.25, 0.3) is 16.7 Å². The van der Waals surface area contributed by atoms with Gasteiger partial charge in [-0.15, -0.1) is 0 Å². The average Bonchev–Trinajstić information content (AvgIpc) is 3.26. The fourth-order valence-electron chi connectivity index (χ4n) is 8.40. The summed E-state index contributed by atoms with van der Waals surface area (Å²) in [4.78, 5) is 29.1. The van der Waals surface area contributed by atoms with Gasteiger partial charge in [-0.05, 0) is 74.7 Å². The summed E-state index contributed by atoms with van der Waals surface area (Å²) < 4.78 is 1.03. The van der Waals surface area contributed by atoms with Crippen molar-refractivity contribution in [1.82, 2.24) is 4.90 Å². The fraction of sp³-hybridized carbons (Fsp3) is 0.286. The van der Waals surface area contributed by atoms with E-state index in [2.05, 4.69) is 11.8 Å². The van der Waals surface area contributed by atoms with Crippen molar-refractivity contribution in [1.29, 1.82) is 0 Å². The summed E-state index contributed by atoms with van der Waals surface area (Å²) in [5, 5.41) is 14.3. The van der Waals surface area contributed by atoms with E-state index in [9.17, 15) is 14.8 Å². The van der Waals surface area contributed by atoms with Gasteiger partial charge in [0, 0.05) is 23.6 Å². The molecule has 3 aliphatic heterocycles. The van der Waals surface area contributed by atoms with Crippen LogP contribution in [0.4, 0.5) is 5.69 Å². The number of nitrogens with two attached hydrogens (primary N) is 1. The number of Topliss-reactive ketones (excluding diaryl/α,β-unsaturated/α-hetero) is 1. The molecular weight excluding hydrogens is 510 g/mol. The molecule has 3 aromatic rings. The molecule has 2 N–H and O–H groups in total. The van der Waals surface area contributed by atoms with Crippen molar-refractivity contribution >= 4 is 28.7 Å². The van der Waals surface area contributed by atoms with Crippen molar-refractivity contribution in [3.05, 3.63) is 101 Å². The Morgan fingerprint density at radius 1 is 0.927 bits per heavy atom. The molecule has 3 fully saturated rings. The first-order chi connectivity index (χ1) is 19.7. The molecule has 6 nitrogen and oxygen atoms in total. The molecule has 6 heteroatoms. The van der Waals surface area contributed by atoms with E-state index in [4.69, 9.17) is 5.73 Å². The van der Waals surface area contributed by atoms with Gasteiger partial charge in [0.25, 0.3) is 0 Å². The summed E-state index contributed by atoms with van der Waals surface area (Å²) in [5.74, 6) is 5.50. The average molecular weight is 540 g/mol. The molecule has 0 aromatic heterocycles. The first-order valence-corrected chi connectivity index (χ1v) is 14.2. The number of piperidine rings is 1. The minimum absolute atomic E-state index is 0.107. The number of allylic oxidation sites excluding steroid dienone is 1. The molecule has 2 aliphatic carbocycles. The second kappa shape index (κ2) is 7.84. The Balaban J connectivity index is 1.24. The van der Waals surface area contributed by atoms with Crippen LogP contribution in [-0.4, -0.2) is 44.7 Å². The van der Waals surface area contributed by atoms with Crippen LogP contribution in [0.3, 0.4) is 0 Å². The van der Waals surface area contributed by atoms with Gasteiger partial charge < -0.3 is 15.8 Å². The Morgan fingerprint density at radius 2 is 1.61 bits per heavy atom. The van der Waals surface area contributed by atoms with Gasteiger partial charge in [-0.3, -0.25) is 9.59 Å². The quantitative estimate of drug-likeness (QED) is 0.277. The molecule has 5 aliphatic rings. The van der Waals surface area contributed by atoms with Crippen molar-refractivity contribution in [3.63, 3.8) is 0 Å². The Kier molecular flexibility index (Phi) is 4.65. The van der Waals surface area contributed by atoms with Gasteiger partial charge in [0.2, 0.25) is 17.3 Å². The third kappa shape index (κ3) is 2.94. The number of benzene rings is 3. The fourth-order valence-corrected chi connectivity index (χ4v) is 8.40. The van der Waals surface area contributed by atoms with E-state index in [-0.39, 0.29) is 17.6 Å². The van der Waals surface area contributed by atoms with Crippen molar-refractivity contribution in [2.75, 3.05) is 6.54 Å². The van der Waals surface area contributed by atoms with Crippen LogP contribution in [0.2, 0.25) is 0 Å². The van der Waals surface area contributed by atoms with Crippen molar-refractivity contribution in [2.24, 2.45) is 23.0 Å². The van der Waals surface area contributed by atoms with Gasteiger partial charge in [-0.2, -0.15) is 4.74 Å². The van der Waals surface area contributed by atoms with Gasteiger partial charge in [0.1, 0.15) is 11.1 Å². The molecule has 2 saturated heterocycles. The summed E-state index contributed by atoms with van der Waals surface area (Å²) in [6.45, 7) is 4.53. The summed E-state index contributed by atoms with van der Waals surface area (Å²) in [6.07, 6.45) is 3.30. The molecule has 2 unspecified atom stereocenters. The number of hydrogen-bond donors (Lipinski definition) is 1. The van der Waals surface area contributed by atoms with Crippen LogP contribution in [0.15, 0.2) is 78.9 Å². The van der Waals surface area contributed by atoms with E-state index < -0.39 is 22.4 Å². The normalized spacial score (nSPS) is 29.9. The number of amides is 1. The Hall–Kier alpha value is -4.47. The van der Waals surface area contributed by atoms with Crippen LogP contribution in [0, 0.1) is 34.3 Å². The number of rotatable bonds is 1. The predicted molar refractivity (Wildman–Crippen MR) is 157 cm³/mol. The van der Waals surface area contributed by atoms with Crippen LogP contribution >= 0.6 is 0 Å². The largest absolute Gasteiger partial charge is 0.618 e. The number of hydrogen-bond acceptors (Lipinski definition) is 4. The third-order valence-corrected chi connectivity index (χ3v) is 10.1. The van der Waals surface area contributed by atoms with Crippen molar-refractivity contribution < 1.29 is 14.3 Å². The summed E-state index contributed by atoms with van der Waals surface area (Å²) >= 11 is 0. The highest BCUT2D eigenvalue weighted by Crippen LogP contribution is 2.67. The van der Waals surface area contributed by atoms with Gasteiger partial charge in [-0.1, -0.05) is 48.2 Å². The molecule has 3 heterocycles. The van der Waals surface area contributed by atoms with E-state index in [0.29, 0.717) is 29.9 Å². The number of nitrogens with zero attached hydrogens (tertiary/aromatic N) is 2.